The highest BCUT2D eigenvalue weighted by Gasteiger charge is 2.51. The number of alkyl halides is 3. The maximum absolute atomic E-state index is 12.3. The van der Waals surface area contributed by atoms with E-state index in [2.05, 4.69) is 8.92 Å². The number of fused-ring (bicyclic) bond motifs is 2. The highest BCUT2D eigenvalue weighted by atomic mass is 32.2. The van der Waals surface area contributed by atoms with E-state index < -0.39 is 39.6 Å². The summed E-state index contributed by atoms with van der Waals surface area (Å²) in [6.07, 6.45) is -0.555. The molecule has 0 radical (unpaired) electrons. The Labute approximate surface area is 112 Å². The maximum Gasteiger partial charge on any atom is 0.534 e. The molecular formula is C10H11F3O6S. The van der Waals surface area contributed by atoms with Crippen LogP contribution >= 0.6 is 0 Å². The Morgan fingerprint density at radius 2 is 2.00 bits per heavy atom. The first-order valence-corrected chi connectivity index (χ1v) is 7.04. The molecule has 10 heteroatoms. The van der Waals surface area contributed by atoms with Gasteiger partial charge in [0.2, 0.25) is 0 Å². The van der Waals surface area contributed by atoms with Crippen LogP contribution in [-0.4, -0.2) is 39.2 Å². The maximum atomic E-state index is 12.3. The Morgan fingerprint density at radius 1 is 1.35 bits per heavy atom. The number of carbonyl (C=O) groups is 1. The van der Waals surface area contributed by atoms with Crippen molar-refractivity contribution in [3.8, 4) is 0 Å². The van der Waals surface area contributed by atoms with Gasteiger partial charge in [-0.25, -0.2) is 4.79 Å². The molecule has 114 valence electrons. The minimum atomic E-state index is -5.81. The van der Waals surface area contributed by atoms with Gasteiger partial charge < -0.3 is 13.7 Å². The van der Waals surface area contributed by atoms with Crippen molar-refractivity contribution in [2.24, 2.45) is 0 Å². The molecule has 1 unspecified atom stereocenters. The number of carbonyl (C=O) groups excluding carboxylic acids is 1. The molecule has 0 aromatic heterocycles. The van der Waals surface area contributed by atoms with Crippen LogP contribution < -0.4 is 0 Å². The van der Waals surface area contributed by atoms with E-state index in [0.717, 1.165) is 7.11 Å². The number of hydrogen-bond donors (Lipinski definition) is 0. The largest absolute Gasteiger partial charge is 0.534 e. The standard InChI is InChI=1S/C10H11F3O6S/c1-17-9(14)8-6-3-2-5(18-6)4-7(8)19-20(15,16)10(11,12)13/h5-6H,2-4H2,1H3/t5?,6-/m0/s1. The zero-order valence-electron chi connectivity index (χ0n) is 10.3. The first-order valence-electron chi connectivity index (χ1n) is 5.63. The second-order valence-electron chi connectivity index (χ2n) is 4.34. The molecule has 20 heavy (non-hydrogen) atoms. The Hall–Kier alpha value is -1.29. The van der Waals surface area contributed by atoms with Gasteiger partial charge >= 0.3 is 21.6 Å². The molecule has 2 aliphatic heterocycles. The van der Waals surface area contributed by atoms with Gasteiger partial charge in [0.05, 0.1) is 19.3 Å². The number of esters is 1. The van der Waals surface area contributed by atoms with Crippen molar-refractivity contribution in [3.63, 3.8) is 0 Å². The van der Waals surface area contributed by atoms with E-state index in [1.54, 1.807) is 0 Å². The highest BCUT2D eigenvalue weighted by Crippen LogP contribution is 2.39. The fourth-order valence-electron chi connectivity index (χ4n) is 2.18. The monoisotopic (exact) mass is 316 g/mol. The van der Waals surface area contributed by atoms with Crippen molar-refractivity contribution in [2.75, 3.05) is 7.11 Å². The van der Waals surface area contributed by atoms with Gasteiger partial charge in [-0.1, -0.05) is 0 Å². The molecule has 1 fully saturated rings. The van der Waals surface area contributed by atoms with E-state index in [4.69, 9.17) is 4.74 Å². The van der Waals surface area contributed by atoms with Crippen LogP contribution in [0.2, 0.25) is 0 Å². The Morgan fingerprint density at radius 3 is 2.55 bits per heavy atom. The molecule has 6 nitrogen and oxygen atoms in total. The summed E-state index contributed by atoms with van der Waals surface area (Å²) in [5.74, 6) is -1.50. The van der Waals surface area contributed by atoms with Crippen LogP contribution in [0.3, 0.4) is 0 Å². The molecule has 2 rings (SSSR count). The van der Waals surface area contributed by atoms with Gasteiger partial charge in [0.1, 0.15) is 11.3 Å². The van der Waals surface area contributed by atoms with E-state index in [1.807, 2.05) is 0 Å². The third-order valence-corrected chi connectivity index (χ3v) is 4.03. The van der Waals surface area contributed by atoms with Crippen molar-refractivity contribution in [1.29, 1.82) is 0 Å². The van der Waals surface area contributed by atoms with E-state index >= 15 is 0 Å². The van der Waals surface area contributed by atoms with Crippen molar-refractivity contribution in [1.82, 2.24) is 0 Å². The number of methoxy groups -OCH3 is 1. The van der Waals surface area contributed by atoms with E-state index in [-0.39, 0.29) is 12.0 Å². The summed E-state index contributed by atoms with van der Waals surface area (Å²) < 4.78 is 72.9. The van der Waals surface area contributed by atoms with E-state index in [1.165, 1.54) is 0 Å². The SMILES string of the molecule is COC(=O)C1=C(OS(=O)(=O)C(F)(F)F)CC2CC[C@@H]1O2. The Kier molecular flexibility index (Phi) is 3.71. The molecule has 2 heterocycles. The third kappa shape index (κ3) is 2.62. The molecular weight excluding hydrogens is 305 g/mol. The Bertz CT molecular complexity index is 550. The lowest BCUT2D eigenvalue weighted by atomic mass is 10.1. The first-order chi connectivity index (χ1) is 9.15. The summed E-state index contributed by atoms with van der Waals surface area (Å²) in [6, 6.07) is 0. The molecule has 2 atom stereocenters. The van der Waals surface area contributed by atoms with Gasteiger partial charge in [-0.3, -0.25) is 0 Å². The van der Waals surface area contributed by atoms with Crippen LogP contribution in [0.5, 0.6) is 0 Å². The number of rotatable bonds is 3. The second kappa shape index (κ2) is 4.92. The number of halogens is 3. The van der Waals surface area contributed by atoms with E-state index in [9.17, 15) is 26.4 Å². The third-order valence-electron chi connectivity index (χ3n) is 3.04. The smallest absolute Gasteiger partial charge is 0.465 e. The molecule has 2 bridgehead atoms. The second-order valence-corrected chi connectivity index (χ2v) is 5.88. The number of ether oxygens (including phenoxy) is 2. The summed E-state index contributed by atoms with van der Waals surface area (Å²) >= 11 is 0. The molecule has 0 amide bonds. The van der Waals surface area contributed by atoms with Crippen LogP contribution in [0, 0.1) is 0 Å². The van der Waals surface area contributed by atoms with Crippen LogP contribution in [0.25, 0.3) is 0 Å². The van der Waals surface area contributed by atoms with Gasteiger partial charge in [0, 0.05) is 6.42 Å². The molecule has 2 aliphatic rings. The minimum Gasteiger partial charge on any atom is -0.465 e. The quantitative estimate of drug-likeness (QED) is 0.443. The predicted octanol–water partition coefficient (Wildman–Crippen LogP) is 1.23. The van der Waals surface area contributed by atoms with Gasteiger partial charge in [-0.15, -0.1) is 0 Å². The van der Waals surface area contributed by atoms with Crippen LogP contribution in [0.4, 0.5) is 13.2 Å². The molecule has 1 saturated heterocycles. The fourth-order valence-corrected chi connectivity index (χ4v) is 2.70. The lowest BCUT2D eigenvalue weighted by molar-refractivity contribution is -0.138. The van der Waals surface area contributed by atoms with Gasteiger partial charge in [0.25, 0.3) is 0 Å². The van der Waals surface area contributed by atoms with Gasteiger partial charge in [-0.05, 0) is 12.8 Å². The summed E-state index contributed by atoms with van der Waals surface area (Å²) in [4.78, 5) is 11.6. The summed E-state index contributed by atoms with van der Waals surface area (Å²) in [6.45, 7) is 0. The average molecular weight is 316 g/mol. The molecule has 0 aromatic carbocycles. The molecule has 0 aliphatic carbocycles. The minimum absolute atomic E-state index is 0.212. The zero-order chi connectivity index (χ0) is 15.1. The lowest BCUT2D eigenvalue weighted by Gasteiger charge is -2.25. The highest BCUT2D eigenvalue weighted by molar-refractivity contribution is 7.87. The van der Waals surface area contributed by atoms with Crippen molar-refractivity contribution in [3.05, 3.63) is 11.3 Å². The van der Waals surface area contributed by atoms with Gasteiger partial charge in [-0.2, -0.15) is 21.6 Å². The normalized spacial score (nSPS) is 26.6. The lowest BCUT2D eigenvalue weighted by Crippen LogP contribution is -2.32. The van der Waals surface area contributed by atoms with E-state index in [0.29, 0.717) is 12.8 Å². The van der Waals surface area contributed by atoms with Crippen molar-refractivity contribution < 1.29 is 40.0 Å². The predicted molar refractivity (Wildman–Crippen MR) is 57.6 cm³/mol. The van der Waals surface area contributed by atoms with Gasteiger partial charge in [0.15, 0.2) is 0 Å². The van der Waals surface area contributed by atoms with Crippen molar-refractivity contribution in [2.45, 2.75) is 37.0 Å². The summed E-state index contributed by atoms with van der Waals surface area (Å²) in [7, 11) is -4.78. The van der Waals surface area contributed by atoms with Crippen LogP contribution in [0.15, 0.2) is 11.3 Å². The molecule has 0 aromatic rings. The first kappa shape index (κ1) is 15.1. The summed E-state index contributed by atoms with van der Waals surface area (Å²) in [5, 5.41) is 0. The molecule has 0 spiro atoms. The molecule has 0 saturated carbocycles. The van der Waals surface area contributed by atoms with Crippen LogP contribution in [-0.2, 0) is 28.6 Å². The zero-order valence-corrected chi connectivity index (χ0v) is 11.1. The summed E-state index contributed by atoms with van der Waals surface area (Å²) in [5.41, 5.74) is -5.85. The fraction of sp³-hybridized carbons (Fsp3) is 0.700. The topological polar surface area (TPSA) is 78.9 Å². The van der Waals surface area contributed by atoms with Crippen molar-refractivity contribution >= 4 is 16.1 Å². The van der Waals surface area contributed by atoms with Crippen LogP contribution in [0.1, 0.15) is 19.3 Å². The number of hydrogen-bond acceptors (Lipinski definition) is 6. The molecule has 0 N–H and O–H groups in total. The Balaban J connectivity index is 2.38. The average Bonchev–Trinajstić information content (AvgIpc) is 2.69.